The molecule has 3 aromatic carbocycles. The number of hydrogen-bond acceptors (Lipinski definition) is 3. The topological polar surface area (TPSA) is 34.0 Å². The average molecular weight is 425 g/mol. The Morgan fingerprint density at radius 2 is 1.44 bits per heavy atom. The van der Waals surface area contributed by atoms with E-state index >= 15 is 0 Å². The second kappa shape index (κ2) is 10.4. The third kappa shape index (κ3) is 5.14. The van der Waals surface area contributed by atoms with Gasteiger partial charge < -0.3 is 4.90 Å². The van der Waals surface area contributed by atoms with Crippen molar-refractivity contribution in [3.8, 4) is 16.8 Å². The first-order valence-corrected chi connectivity index (χ1v) is 11.5. The molecule has 0 N–H and O–H groups in total. The van der Waals surface area contributed by atoms with E-state index in [4.69, 9.17) is 0 Å². The minimum absolute atomic E-state index is 0.809. The molecular formula is C28H32N4. The highest BCUT2D eigenvalue weighted by molar-refractivity contribution is 5.63. The lowest BCUT2D eigenvalue weighted by molar-refractivity contribution is 0.306. The molecule has 4 aromatic rings. The zero-order valence-electron chi connectivity index (χ0n) is 19.3. The van der Waals surface area contributed by atoms with Gasteiger partial charge in [-0.1, -0.05) is 91.4 Å². The summed E-state index contributed by atoms with van der Waals surface area (Å²) in [5.74, 6) is 0. The maximum absolute atomic E-state index is 4.60. The Bertz CT molecular complexity index is 1110. The van der Waals surface area contributed by atoms with Crippen LogP contribution in [0.5, 0.6) is 0 Å². The molecule has 32 heavy (non-hydrogen) atoms. The lowest BCUT2D eigenvalue weighted by Crippen LogP contribution is -2.25. The zero-order valence-corrected chi connectivity index (χ0v) is 19.3. The van der Waals surface area contributed by atoms with Crippen LogP contribution < -0.4 is 0 Å². The first-order valence-electron chi connectivity index (χ1n) is 11.5. The zero-order chi connectivity index (χ0) is 22.3. The smallest absolute Gasteiger partial charge is 0.0880 e. The second-order valence-corrected chi connectivity index (χ2v) is 8.25. The lowest BCUT2D eigenvalue weighted by Gasteiger charge is -2.17. The molecule has 0 unspecified atom stereocenters. The molecule has 0 bridgehead atoms. The maximum Gasteiger partial charge on any atom is 0.0880 e. The van der Waals surface area contributed by atoms with Gasteiger partial charge in [0.15, 0.2) is 0 Å². The predicted octanol–water partition coefficient (Wildman–Crippen LogP) is 5.72. The van der Waals surface area contributed by atoms with Crippen LogP contribution in [0, 0.1) is 6.92 Å². The summed E-state index contributed by atoms with van der Waals surface area (Å²) >= 11 is 0. The fraction of sp³-hybridized carbons (Fsp3) is 0.286. The number of hydrogen-bond donors (Lipinski definition) is 0. The summed E-state index contributed by atoms with van der Waals surface area (Å²) in [6, 6.07) is 27.9. The number of rotatable bonds is 9. The molecule has 0 atom stereocenters. The van der Waals surface area contributed by atoms with Crippen LogP contribution in [-0.2, 0) is 12.8 Å². The molecule has 0 aliphatic carbocycles. The number of nitrogens with zero attached hydrogens (tertiary/aromatic N) is 4. The minimum Gasteiger partial charge on any atom is -0.303 e. The van der Waals surface area contributed by atoms with Crippen molar-refractivity contribution < 1.29 is 0 Å². The summed E-state index contributed by atoms with van der Waals surface area (Å²) in [4.78, 5) is 2.43. The molecule has 0 saturated heterocycles. The van der Waals surface area contributed by atoms with Gasteiger partial charge in [-0.05, 0) is 48.8 Å². The molecule has 0 fully saturated rings. The summed E-state index contributed by atoms with van der Waals surface area (Å²) in [7, 11) is 0. The van der Waals surface area contributed by atoms with Crippen molar-refractivity contribution in [2.24, 2.45) is 0 Å². The molecule has 0 saturated carbocycles. The normalized spacial score (nSPS) is 11.2. The average Bonchev–Trinajstić information content (AvgIpc) is 3.23. The van der Waals surface area contributed by atoms with E-state index < -0.39 is 0 Å². The van der Waals surface area contributed by atoms with Crippen LogP contribution in [0.25, 0.3) is 16.8 Å². The van der Waals surface area contributed by atoms with E-state index in [1.54, 1.807) is 0 Å². The number of aromatic nitrogens is 3. The van der Waals surface area contributed by atoms with Gasteiger partial charge in [0.05, 0.1) is 17.1 Å². The molecule has 1 aromatic heterocycles. The van der Waals surface area contributed by atoms with Gasteiger partial charge in [0.25, 0.3) is 0 Å². The Balaban J connectivity index is 1.62. The van der Waals surface area contributed by atoms with Crippen molar-refractivity contribution in [3.05, 3.63) is 101 Å². The van der Waals surface area contributed by atoms with Gasteiger partial charge in [0.1, 0.15) is 0 Å². The summed E-state index contributed by atoms with van der Waals surface area (Å²) in [5.41, 5.74) is 8.32. The lowest BCUT2D eigenvalue weighted by atomic mass is 10.0. The Labute approximate surface area is 191 Å². The predicted molar refractivity (Wildman–Crippen MR) is 132 cm³/mol. The van der Waals surface area contributed by atoms with Gasteiger partial charge in [-0.25, -0.2) is 4.68 Å². The fourth-order valence-electron chi connectivity index (χ4n) is 4.04. The Morgan fingerprint density at radius 1 is 0.781 bits per heavy atom. The van der Waals surface area contributed by atoms with E-state index in [0.29, 0.717) is 0 Å². The summed E-state index contributed by atoms with van der Waals surface area (Å²) in [6.07, 6.45) is 1.72. The van der Waals surface area contributed by atoms with Gasteiger partial charge in [0, 0.05) is 19.4 Å². The van der Waals surface area contributed by atoms with E-state index in [1.165, 1.54) is 27.9 Å². The van der Waals surface area contributed by atoms with Crippen molar-refractivity contribution in [3.63, 3.8) is 0 Å². The highest BCUT2D eigenvalue weighted by atomic mass is 15.4. The van der Waals surface area contributed by atoms with Crippen molar-refractivity contribution in [1.82, 2.24) is 19.9 Å². The molecule has 0 aliphatic heterocycles. The van der Waals surface area contributed by atoms with E-state index in [0.717, 1.165) is 43.9 Å². The summed E-state index contributed by atoms with van der Waals surface area (Å²) in [6.45, 7) is 9.64. The highest BCUT2D eigenvalue weighted by Gasteiger charge is 2.16. The highest BCUT2D eigenvalue weighted by Crippen LogP contribution is 2.22. The van der Waals surface area contributed by atoms with Crippen molar-refractivity contribution in [2.75, 3.05) is 19.6 Å². The first kappa shape index (κ1) is 22.0. The molecule has 164 valence electrons. The molecule has 0 spiro atoms. The third-order valence-corrected chi connectivity index (χ3v) is 6.11. The van der Waals surface area contributed by atoms with Gasteiger partial charge in [-0.2, -0.15) is 0 Å². The van der Waals surface area contributed by atoms with Crippen LogP contribution in [0.15, 0.2) is 78.9 Å². The van der Waals surface area contributed by atoms with Crippen molar-refractivity contribution in [2.45, 2.75) is 33.6 Å². The van der Waals surface area contributed by atoms with Crippen LogP contribution in [0.1, 0.15) is 36.4 Å². The molecule has 4 heteroatoms. The number of benzene rings is 3. The van der Waals surface area contributed by atoms with Crippen molar-refractivity contribution in [1.29, 1.82) is 0 Å². The van der Waals surface area contributed by atoms with Crippen LogP contribution in [0.4, 0.5) is 0 Å². The fourth-order valence-corrected chi connectivity index (χ4v) is 4.04. The van der Waals surface area contributed by atoms with E-state index in [2.05, 4.69) is 115 Å². The molecule has 4 rings (SSSR count). The van der Waals surface area contributed by atoms with E-state index in [9.17, 15) is 0 Å². The van der Waals surface area contributed by atoms with Gasteiger partial charge in [-0.3, -0.25) is 0 Å². The van der Waals surface area contributed by atoms with Crippen molar-refractivity contribution >= 4 is 0 Å². The first-order chi connectivity index (χ1) is 15.7. The van der Waals surface area contributed by atoms with Crippen LogP contribution in [0.2, 0.25) is 0 Å². The number of aryl methyl sites for hydroxylation is 1. The summed E-state index contributed by atoms with van der Waals surface area (Å²) < 4.78 is 2.02. The standard InChI is InChI=1S/C28H32N4/c1-4-31(5-2)20-19-27-28(32(30-29-27)26-17-11-22(3)12-18-26)21-23-13-15-25(16-14-23)24-9-7-6-8-10-24/h6-18H,4-5,19-21H2,1-3H3. The molecular weight excluding hydrogens is 392 g/mol. The van der Waals surface area contributed by atoms with E-state index in [1.807, 2.05) is 4.68 Å². The number of likely N-dealkylation sites (N-methyl/N-ethyl adjacent to an activating group) is 1. The molecule has 4 nitrogen and oxygen atoms in total. The molecule has 0 amide bonds. The Morgan fingerprint density at radius 3 is 2.09 bits per heavy atom. The molecule has 0 aliphatic rings. The van der Waals surface area contributed by atoms with Crippen LogP contribution in [0.3, 0.4) is 0 Å². The van der Waals surface area contributed by atoms with Gasteiger partial charge in [-0.15, -0.1) is 5.10 Å². The van der Waals surface area contributed by atoms with Crippen LogP contribution >= 0.6 is 0 Å². The maximum atomic E-state index is 4.60. The quantitative estimate of drug-likeness (QED) is 0.345. The monoisotopic (exact) mass is 424 g/mol. The third-order valence-electron chi connectivity index (χ3n) is 6.11. The minimum atomic E-state index is 0.809. The van der Waals surface area contributed by atoms with E-state index in [-0.39, 0.29) is 0 Å². The Hall–Kier alpha value is -3.24. The summed E-state index contributed by atoms with van der Waals surface area (Å²) in [5, 5.41) is 9.16. The SMILES string of the molecule is CCN(CC)CCc1nnn(-c2ccc(C)cc2)c1Cc1ccc(-c2ccccc2)cc1. The Kier molecular flexibility index (Phi) is 7.13. The molecule has 0 radical (unpaired) electrons. The van der Waals surface area contributed by atoms with Gasteiger partial charge in [0.2, 0.25) is 0 Å². The molecule has 1 heterocycles. The largest absolute Gasteiger partial charge is 0.303 e. The van der Waals surface area contributed by atoms with Crippen LogP contribution in [-0.4, -0.2) is 39.5 Å². The second-order valence-electron chi connectivity index (χ2n) is 8.25. The van der Waals surface area contributed by atoms with Gasteiger partial charge >= 0.3 is 0 Å².